The Morgan fingerprint density at radius 3 is 2.82 bits per heavy atom. The number of benzene rings is 1. The van der Waals surface area contributed by atoms with Gasteiger partial charge in [-0.25, -0.2) is 0 Å². The van der Waals surface area contributed by atoms with Crippen LogP contribution < -0.4 is 10.1 Å². The molecule has 90 valence electrons. The van der Waals surface area contributed by atoms with Crippen LogP contribution in [0.4, 0.5) is 5.69 Å². The normalized spacial score (nSPS) is 19.1. The predicted molar refractivity (Wildman–Crippen MR) is 69.0 cm³/mol. The number of hydrogen-bond acceptors (Lipinski definition) is 2. The third kappa shape index (κ3) is 2.18. The highest BCUT2D eigenvalue weighted by Gasteiger charge is 2.30. The molecule has 0 aromatic heterocycles. The molecule has 1 aromatic carbocycles. The van der Waals surface area contributed by atoms with E-state index in [1.54, 1.807) is 0 Å². The van der Waals surface area contributed by atoms with E-state index >= 15 is 0 Å². The number of carbonyl (C=O) groups excluding carboxylic acids is 1. The Morgan fingerprint density at radius 1 is 1.41 bits per heavy atom. The van der Waals surface area contributed by atoms with Crippen LogP contribution in [0.1, 0.15) is 26.3 Å². The number of hydrogen-bond donors (Lipinski definition) is 1. The zero-order chi connectivity index (χ0) is 12.4. The molecule has 2 rings (SSSR count). The quantitative estimate of drug-likeness (QED) is 0.849. The average molecular weight is 231 g/mol. The van der Waals surface area contributed by atoms with E-state index in [0.29, 0.717) is 0 Å². The third-order valence-electron chi connectivity index (χ3n) is 2.76. The van der Waals surface area contributed by atoms with E-state index < -0.39 is 6.10 Å². The van der Waals surface area contributed by atoms with Gasteiger partial charge in [0, 0.05) is 5.56 Å². The lowest BCUT2D eigenvalue weighted by molar-refractivity contribution is -0.125. The van der Waals surface area contributed by atoms with Crippen LogP contribution in [-0.4, -0.2) is 12.0 Å². The van der Waals surface area contributed by atoms with Crippen molar-refractivity contribution in [3.8, 4) is 5.75 Å². The number of rotatable bonds is 2. The first-order valence-electron chi connectivity index (χ1n) is 5.86. The van der Waals surface area contributed by atoms with Crippen molar-refractivity contribution in [2.45, 2.75) is 26.9 Å². The smallest absolute Gasteiger partial charge is 0.265 e. The summed E-state index contributed by atoms with van der Waals surface area (Å²) in [7, 11) is 0. The van der Waals surface area contributed by atoms with E-state index in [9.17, 15) is 4.79 Å². The van der Waals surface area contributed by atoms with Crippen LogP contribution >= 0.6 is 0 Å². The molecule has 1 aliphatic heterocycles. The van der Waals surface area contributed by atoms with Crippen molar-refractivity contribution in [1.82, 2.24) is 0 Å². The molecule has 0 radical (unpaired) electrons. The number of amides is 1. The second kappa shape index (κ2) is 4.62. The summed E-state index contributed by atoms with van der Waals surface area (Å²) in [5, 5.41) is 2.89. The lowest BCUT2D eigenvalue weighted by Gasteiger charge is -2.29. The van der Waals surface area contributed by atoms with Gasteiger partial charge in [0.15, 0.2) is 11.9 Å². The summed E-state index contributed by atoms with van der Waals surface area (Å²) < 4.78 is 5.83. The molecule has 1 aliphatic rings. The van der Waals surface area contributed by atoms with Crippen LogP contribution in [0.2, 0.25) is 0 Å². The molecule has 1 N–H and O–H groups in total. The monoisotopic (exact) mass is 231 g/mol. The van der Waals surface area contributed by atoms with Gasteiger partial charge in [-0.3, -0.25) is 4.79 Å². The first-order chi connectivity index (χ1) is 8.13. The summed E-state index contributed by atoms with van der Waals surface area (Å²) >= 11 is 0. The number of ether oxygens (including phenoxy) is 1. The van der Waals surface area contributed by atoms with Gasteiger partial charge in [-0.05, 0) is 18.9 Å². The van der Waals surface area contributed by atoms with Crippen molar-refractivity contribution in [1.29, 1.82) is 0 Å². The summed E-state index contributed by atoms with van der Waals surface area (Å²) in [4.78, 5) is 11.8. The van der Waals surface area contributed by atoms with Gasteiger partial charge in [0.25, 0.3) is 5.91 Å². The number of carbonyl (C=O) groups is 1. The molecule has 0 saturated heterocycles. The van der Waals surface area contributed by atoms with E-state index in [1.165, 1.54) is 0 Å². The number of fused-ring (bicyclic) bond motifs is 1. The Balaban J connectivity index is 2.42. The minimum Gasteiger partial charge on any atom is -0.478 e. The van der Waals surface area contributed by atoms with E-state index in [4.69, 9.17) is 4.74 Å². The Kier molecular flexibility index (Phi) is 3.18. The van der Waals surface area contributed by atoms with Crippen LogP contribution in [0.25, 0.3) is 6.08 Å². The largest absolute Gasteiger partial charge is 0.478 e. The zero-order valence-electron chi connectivity index (χ0n) is 10.4. The van der Waals surface area contributed by atoms with Crippen molar-refractivity contribution >= 4 is 17.7 Å². The predicted octanol–water partition coefficient (Wildman–Crippen LogP) is 3.08. The lowest BCUT2D eigenvalue weighted by atomic mass is 10.0. The molecular formula is C14H17NO2. The van der Waals surface area contributed by atoms with Crippen LogP contribution in [-0.2, 0) is 4.79 Å². The minimum atomic E-state index is -0.408. The summed E-state index contributed by atoms with van der Waals surface area (Å²) in [5.74, 6) is 0.857. The molecule has 0 saturated carbocycles. The number of allylic oxidation sites excluding steroid dienone is 1. The Labute approximate surface area is 101 Å². The standard InChI is InChI=1S/C14H17NO2/c1-4-6-10-7-5-8-11-13(10)17-12(9(2)3)14(16)15-11/h4-9,12H,1-3H3,(H,15,16)/b6-4-. The molecule has 0 aliphatic carbocycles. The van der Waals surface area contributed by atoms with Crippen molar-refractivity contribution in [2.75, 3.05) is 5.32 Å². The summed E-state index contributed by atoms with van der Waals surface area (Å²) in [6.45, 7) is 5.92. The van der Waals surface area contributed by atoms with Gasteiger partial charge in [-0.1, -0.05) is 38.1 Å². The summed E-state index contributed by atoms with van der Waals surface area (Å²) in [5.41, 5.74) is 1.75. The highest BCUT2D eigenvalue weighted by molar-refractivity contribution is 5.98. The molecule has 0 spiro atoms. The highest BCUT2D eigenvalue weighted by Crippen LogP contribution is 2.35. The van der Waals surface area contributed by atoms with Gasteiger partial charge in [0.1, 0.15) is 0 Å². The molecule has 0 bridgehead atoms. The molecular weight excluding hydrogens is 214 g/mol. The number of anilines is 1. The lowest BCUT2D eigenvalue weighted by Crippen LogP contribution is -2.40. The summed E-state index contributed by atoms with van der Waals surface area (Å²) in [6.07, 6.45) is 3.53. The molecule has 0 fully saturated rings. The Hall–Kier alpha value is -1.77. The van der Waals surface area contributed by atoms with Gasteiger partial charge in [0.05, 0.1) is 5.69 Å². The van der Waals surface area contributed by atoms with E-state index in [0.717, 1.165) is 17.0 Å². The van der Waals surface area contributed by atoms with Gasteiger partial charge < -0.3 is 10.1 Å². The number of nitrogens with one attached hydrogen (secondary N) is 1. The average Bonchev–Trinajstić information content (AvgIpc) is 2.28. The van der Waals surface area contributed by atoms with Crippen LogP contribution in [0.3, 0.4) is 0 Å². The number of para-hydroxylation sites is 1. The third-order valence-corrected chi connectivity index (χ3v) is 2.76. The maximum atomic E-state index is 11.8. The molecule has 1 amide bonds. The van der Waals surface area contributed by atoms with Gasteiger partial charge >= 0.3 is 0 Å². The highest BCUT2D eigenvalue weighted by atomic mass is 16.5. The van der Waals surface area contributed by atoms with Crippen LogP contribution in [0.15, 0.2) is 24.3 Å². The first kappa shape index (κ1) is 11.7. The first-order valence-corrected chi connectivity index (χ1v) is 5.86. The maximum Gasteiger partial charge on any atom is 0.265 e. The van der Waals surface area contributed by atoms with E-state index in [2.05, 4.69) is 5.32 Å². The van der Waals surface area contributed by atoms with Gasteiger partial charge in [0.2, 0.25) is 0 Å². The fourth-order valence-corrected chi connectivity index (χ4v) is 1.92. The fourth-order valence-electron chi connectivity index (χ4n) is 1.92. The van der Waals surface area contributed by atoms with Crippen LogP contribution in [0.5, 0.6) is 5.75 Å². The minimum absolute atomic E-state index is 0.0647. The molecule has 1 aromatic rings. The zero-order valence-corrected chi connectivity index (χ0v) is 10.4. The fraction of sp³-hybridized carbons (Fsp3) is 0.357. The Bertz CT molecular complexity index is 463. The van der Waals surface area contributed by atoms with Crippen molar-refractivity contribution in [2.24, 2.45) is 5.92 Å². The Morgan fingerprint density at radius 2 is 2.18 bits per heavy atom. The molecule has 1 heterocycles. The molecule has 17 heavy (non-hydrogen) atoms. The van der Waals surface area contributed by atoms with Gasteiger partial charge in [-0.2, -0.15) is 0 Å². The molecule has 3 nitrogen and oxygen atoms in total. The second-order valence-corrected chi connectivity index (χ2v) is 4.50. The van der Waals surface area contributed by atoms with Crippen LogP contribution in [0, 0.1) is 5.92 Å². The van der Waals surface area contributed by atoms with Crippen molar-refractivity contribution < 1.29 is 9.53 Å². The molecule has 1 atom stereocenters. The molecule has 3 heteroatoms. The van der Waals surface area contributed by atoms with E-state index in [1.807, 2.05) is 51.1 Å². The SMILES string of the molecule is C/C=C\c1cccc2c1OC(C(C)C)C(=O)N2. The van der Waals surface area contributed by atoms with E-state index in [-0.39, 0.29) is 11.8 Å². The topological polar surface area (TPSA) is 38.3 Å². The molecule has 1 unspecified atom stereocenters. The van der Waals surface area contributed by atoms with Crippen molar-refractivity contribution in [3.63, 3.8) is 0 Å². The summed E-state index contributed by atoms with van der Waals surface area (Å²) in [6, 6.07) is 5.75. The van der Waals surface area contributed by atoms with Crippen molar-refractivity contribution in [3.05, 3.63) is 29.8 Å². The second-order valence-electron chi connectivity index (χ2n) is 4.50. The maximum absolute atomic E-state index is 11.8. The van der Waals surface area contributed by atoms with Gasteiger partial charge in [-0.15, -0.1) is 0 Å².